The highest BCUT2D eigenvalue weighted by Gasteiger charge is 2.13. The minimum absolute atomic E-state index is 0.316. The van der Waals surface area contributed by atoms with E-state index in [2.05, 4.69) is 5.10 Å². The SMILES string of the molecule is Cn1ccc(C(O)Cc2ccc(F)cc2Cl)n1. The van der Waals surface area contributed by atoms with Crippen molar-refractivity contribution in [3.05, 3.63) is 52.6 Å². The average molecular weight is 255 g/mol. The highest BCUT2D eigenvalue weighted by molar-refractivity contribution is 6.31. The summed E-state index contributed by atoms with van der Waals surface area (Å²) in [6, 6.07) is 5.88. The van der Waals surface area contributed by atoms with Gasteiger partial charge in [0.05, 0.1) is 5.69 Å². The number of benzene rings is 1. The van der Waals surface area contributed by atoms with Crippen LogP contribution in [0, 0.1) is 5.82 Å². The van der Waals surface area contributed by atoms with Crippen LogP contribution in [0.2, 0.25) is 5.02 Å². The lowest BCUT2D eigenvalue weighted by atomic mass is 10.1. The molecular formula is C12H12ClFN2O. The molecule has 1 unspecified atom stereocenters. The molecule has 0 aliphatic rings. The van der Waals surface area contributed by atoms with Crippen LogP contribution >= 0.6 is 11.6 Å². The predicted octanol–water partition coefficient (Wildman–Crippen LogP) is 2.49. The van der Waals surface area contributed by atoms with Gasteiger partial charge in [-0.1, -0.05) is 17.7 Å². The van der Waals surface area contributed by atoms with E-state index in [1.807, 2.05) is 0 Å². The molecule has 0 spiro atoms. The van der Waals surface area contributed by atoms with Crippen LogP contribution in [-0.2, 0) is 13.5 Å². The third-order valence-corrected chi connectivity index (χ3v) is 2.86. The second-order valence-electron chi connectivity index (χ2n) is 3.87. The lowest BCUT2D eigenvalue weighted by Crippen LogP contribution is -2.04. The Morgan fingerprint density at radius 3 is 2.82 bits per heavy atom. The fraction of sp³-hybridized carbons (Fsp3) is 0.250. The summed E-state index contributed by atoms with van der Waals surface area (Å²) in [5.74, 6) is -0.383. The van der Waals surface area contributed by atoms with Crippen LogP contribution in [-0.4, -0.2) is 14.9 Å². The van der Waals surface area contributed by atoms with Crippen LogP contribution in [0.5, 0.6) is 0 Å². The summed E-state index contributed by atoms with van der Waals surface area (Å²) in [6.45, 7) is 0. The van der Waals surface area contributed by atoms with E-state index >= 15 is 0 Å². The predicted molar refractivity (Wildman–Crippen MR) is 63.3 cm³/mol. The lowest BCUT2D eigenvalue weighted by molar-refractivity contribution is 0.172. The summed E-state index contributed by atoms with van der Waals surface area (Å²) < 4.78 is 14.5. The Balaban J connectivity index is 2.15. The third-order valence-electron chi connectivity index (χ3n) is 2.50. The van der Waals surface area contributed by atoms with Crippen LogP contribution in [0.4, 0.5) is 4.39 Å². The Morgan fingerprint density at radius 2 is 2.24 bits per heavy atom. The maximum Gasteiger partial charge on any atom is 0.124 e. The molecule has 5 heteroatoms. The Kier molecular flexibility index (Phi) is 3.45. The zero-order valence-electron chi connectivity index (χ0n) is 9.27. The van der Waals surface area contributed by atoms with Gasteiger partial charge in [-0.2, -0.15) is 5.10 Å². The van der Waals surface area contributed by atoms with Crippen LogP contribution in [0.15, 0.2) is 30.5 Å². The van der Waals surface area contributed by atoms with Crippen molar-refractivity contribution in [3.8, 4) is 0 Å². The van der Waals surface area contributed by atoms with Gasteiger partial charge in [0.1, 0.15) is 11.9 Å². The second kappa shape index (κ2) is 4.85. The summed E-state index contributed by atoms with van der Waals surface area (Å²) >= 11 is 5.89. The molecule has 0 aliphatic heterocycles. The Labute approximate surface area is 103 Å². The Bertz CT molecular complexity index is 527. The van der Waals surface area contributed by atoms with Gasteiger partial charge in [-0.15, -0.1) is 0 Å². The molecule has 1 aromatic heterocycles. The molecule has 2 rings (SSSR count). The van der Waals surface area contributed by atoms with Crippen molar-refractivity contribution in [2.24, 2.45) is 7.05 Å². The molecule has 90 valence electrons. The quantitative estimate of drug-likeness (QED) is 0.914. The minimum Gasteiger partial charge on any atom is -0.386 e. The number of aliphatic hydroxyl groups excluding tert-OH is 1. The first-order chi connectivity index (χ1) is 8.06. The number of halogens is 2. The molecule has 1 N–H and O–H groups in total. The van der Waals surface area contributed by atoms with E-state index < -0.39 is 6.10 Å². The van der Waals surface area contributed by atoms with Gasteiger partial charge in [-0.25, -0.2) is 4.39 Å². The van der Waals surface area contributed by atoms with Gasteiger partial charge >= 0.3 is 0 Å². The van der Waals surface area contributed by atoms with Crippen molar-refractivity contribution in [1.82, 2.24) is 9.78 Å². The number of nitrogens with zero attached hydrogens (tertiary/aromatic N) is 2. The maximum atomic E-state index is 12.8. The fourth-order valence-corrected chi connectivity index (χ4v) is 1.86. The molecule has 0 bridgehead atoms. The van der Waals surface area contributed by atoms with E-state index in [1.54, 1.807) is 30.1 Å². The van der Waals surface area contributed by atoms with Gasteiger partial charge in [0.2, 0.25) is 0 Å². The Morgan fingerprint density at radius 1 is 1.47 bits per heavy atom. The van der Waals surface area contributed by atoms with Crippen LogP contribution in [0.25, 0.3) is 0 Å². The summed E-state index contributed by atoms with van der Waals surface area (Å²) in [6.07, 6.45) is 1.33. The van der Waals surface area contributed by atoms with Gasteiger partial charge in [0.25, 0.3) is 0 Å². The highest BCUT2D eigenvalue weighted by Crippen LogP contribution is 2.23. The van der Waals surface area contributed by atoms with E-state index in [9.17, 15) is 9.50 Å². The van der Waals surface area contributed by atoms with Crippen molar-refractivity contribution in [3.63, 3.8) is 0 Å². The monoisotopic (exact) mass is 254 g/mol. The van der Waals surface area contributed by atoms with Crippen molar-refractivity contribution in [1.29, 1.82) is 0 Å². The molecule has 2 aromatic rings. The summed E-state index contributed by atoms with van der Waals surface area (Å²) in [5.41, 5.74) is 1.28. The van der Waals surface area contributed by atoms with E-state index in [0.29, 0.717) is 22.7 Å². The molecule has 1 aromatic carbocycles. The number of hydrogen-bond donors (Lipinski definition) is 1. The van der Waals surface area contributed by atoms with Crippen LogP contribution in [0.1, 0.15) is 17.4 Å². The molecular weight excluding hydrogens is 243 g/mol. The van der Waals surface area contributed by atoms with Gasteiger partial charge in [0.15, 0.2) is 0 Å². The average Bonchev–Trinajstić information content (AvgIpc) is 2.69. The van der Waals surface area contributed by atoms with Crippen molar-refractivity contribution < 1.29 is 9.50 Å². The topological polar surface area (TPSA) is 38.0 Å². The zero-order chi connectivity index (χ0) is 12.4. The van der Waals surface area contributed by atoms with Crippen molar-refractivity contribution >= 4 is 11.6 Å². The first-order valence-corrected chi connectivity index (χ1v) is 5.55. The molecule has 0 saturated carbocycles. The standard InChI is InChI=1S/C12H12ClFN2O/c1-16-5-4-11(15-16)12(17)6-8-2-3-9(14)7-10(8)13/h2-5,7,12,17H,6H2,1H3. The number of aromatic nitrogens is 2. The third kappa shape index (κ3) is 2.84. The molecule has 1 atom stereocenters. The van der Waals surface area contributed by atoms with E-state index in [-0.39, 0.29) is 5.82 Å². The van der Waals surface area contributed by atoms with Gasteiger partial charge in [-0.05, 0) is 23.8 Å². The van der Waals surface area contributed by atoms with Gasteiger partial charge < -0.3 is 5.11 Å². The second-order valence-corrected chi connectivity index (χ2v) is 4.28. The summed E-state index contributed by atoms with van der Waals surface area (Å²) in [7, 11) is 1.78. The van der Waals surface area contributed by atoms with E-state index in [4.69, 9.17) is 11.6 Å². The molecule has 0 radical (unpaired) electrons. The lowest BCUT2D eigenvalue weighted by Gasteiger charge is -2.09. The van der Waals surface area contributed by atoms with Crippen LogP contribution < -0.4 is 0 Å². The number of hydrogen-bond acceptors (Lipinski definition) is 2. The largest absolute Gasteiger partial charge is 0.386 e. The number of rotatable bonds is 3. The minimum atomic E-state index is -0.737. The zero-order valence-corrected chi connectivity index (χ0v) is 10.0. The molecule has 3 nitrogen and oxygen atoms in total. The molecule has 17 heavy (non-hydrogen) atoms. The number of aliphatic hydroxyl groups is 1. The number of aryl methyl sites for hydroxylation is 1. The fourth-order valence-electron chi connectivity index (χ4n) is 1.61. The molecule has 1 heterocycles. The molecule has 0 amide bonds. The van der Waals surface area contributed by atoms with Crippen molar-refractivity contribution in [2.45, 2.75) is 12.5 Å². The van der Waals surface area contributed by atoms with Gasteiger partial charge in [-0.3, -0.25) is 4.68 Å². The molecule has 0 saturated heterocycles. The van der Waals surface area contributed by atoms with E-state index in [0.717, 1.165) is 0 Å². The first-order valence-electron chi connectivity index (χ1n) is 5.18. The molecule has 0 fully saturated rings. The molecule has 0 aliphatic carbocycles. The summed E-state index contributed by atoms with van der Waals surface area (Å²) in [4.78, 5) is 0. The maximum absolute atomic E-state index is 12.8. The van der Waals surface area contributed by atoms with Crippen molar-refractivity contribution in [2.75, 3.05) is 0 Å². The first kappa shape index (κ1) is 12.1. The van der Waals surface area contributed by atoms with Gasteiger partial charge in [0, 0.05) is 24.7 Å². The summed E-state index contributed by atoms with van der Waals surface area (Å²) in [5, 5.41) is 14.4. The normalized spacial score (nSPS) is 12.7. The van der Waals surface area contributed by atoms with Crippen LogP contribution in [0.3, 0.4) is 0 Å². The smallest absolute Gasteiger partial charge is 0.124 e. The Hall–Kier alpha value is -1.39. The van der Waals surface area contributed by atoms with E-state index in [1.165, 1.54) is 12.1 Å². The highest BCUT2D eigenvalue weighted by atomic mass is 35.5.